The number of nitrogen functional groups attached to an aromatic ring is 1. The monoisotopic (exact) mass is 393 g/mol. The Hall–Kier alpha value is -2.77. The third-order valence-corrected chi connectivity index (χ3v) is 5.44. The van der Waals surface area contributed by atoms with Gasteiger partial charge >= 0.3 is 7.12 Å². The van der Waals surface area contributed by atoms with Crippen molar-refractivity contribution in [1.82, 2.24) is 0 Å². The van der Waals surface area contributed by atoms with Crippen molar-refractivity contribution in [3.05, 3.63) is 54.6 Å². The summed E-state index contributed by atoms with van der Waals surface area (Å²) in [6, 6.07) is 13.1. The third kappa shape index (κ3) is 4.47. The van der Waals surface area contributed by atoms with E-state index in [1.54, 1.807) is 0 Å². The van der Waals surface area contributed by atoms with Crippen molar-refractivity contribution in [2.75, 3.05) is 16.4 Å². The summed E-state index contributed by atoms with van der Waals surface area (Å²) in [4.78, 5) is 11.2. The summed E-state index contributed by atoms with van der Waals surface area (Å²) in [6.45, 7) is 13.7. The second-order valence-electron chi connectivity index (χ2n) is 8.30. The maximum absolute atomic E-state index is 11.2. The number of nitrogens with two attached hydrogens (primary N) is 1. The van der Waals surface area contributed by atoms with E-state index in [2.05, 4.69) is 17.2 Å². The number of hydrogen-bond acceptors (Lipinski definition) is 5. The van der Waals surface area contributed by atoms with Gasteiger partial charge in [-0.2, -0.15) is 0 Å². The van der Waals surface area contributed by atoms with Crippen molar-refractivity contribution in [3.63, 3.8) is 0 Å². The molecule has 6 nitrogen and oxygen atoms in total. The number of rotatable bonds is 5. The van der Waals surface area contributed by atoms with Gasteiger partial charge in [0, 0.05) is 18.3 Å². The van der Waals surface area contributed by atoms with E-state index in [4.69, 9.17) is 15.0 Å². The van der Waals surface area contributed by atoms with E-state index in [0.29, 0.717) is 11.4 Å². The van der Waals surface area contributed by atoms with Crippen molar-refractivity contribution < 1.29 is 14.1 Å². The molecular formula is C22H28BN3O3. The first-order chi connectivity index (χ1) is 13.5. The molecule has 7 heteroatoms. The number of carbonyl (C=O) groups is 1. The molecule has 0 aliphatic carbocycles. The van der Waals surface area contributed by atoms with E-state index in [1.807, 2.05) is 70.2 Å². The van der Waals surface area contributed by atoms with Crippen LogP contribution in [0.25, 0.3) is 5.70 Å². The van der Waals surface area contributed by atoms with Crippen LogP contribution in [0.1, 0.15) is 40.2 Å². The van der Waals surface area contributed by atoms with Crippen LogP contribution < -0.4 is 21.8 Å². The van der Waals surface area contributed by atoms with E-state index in [1.165, 1.54) is 6.92 Å². The largest absolute Gasteiger partial charge is 0.494 e. The summed E-state index contributed by atoms with van der Waals surface area (Å²) in [5.41, 5.74) is 9.87. The van der Waals surface area contributed by atoms with Crippen LogP contribution in [-0.4, -0.2) is 24.2 Å². The van der Waals surface area contributed by atoms with E-state index >= 15 is 0 Å². The topological polar surface area (TPSA) is 85.6 Å². The van der Waals surface area contributed by atoms with Gasteiger partial charge in [-0.15, -0.1) is 0 Å². The first-order valence-corrected chi connectivity index (χ1v) is 9.57. The van der Waals surface area contributed by atoms with Gasteiger partial charge in [0.15, 0.2) is 0 Å². The Morgan fingerprint density at radius 1 is 1.00 bits per heavy atom. The number of carbonyl (C=O) groups excluding carboxylic acids is 1. The predicted molar refractivity (Wildman–Crippen MR) is 120 cm³/mol. The Balaban J connectivity index is 1.77. The first kappa shape index (κ1) is 21.0. The maximum atomic E-state index is 11.2. The minimum Gasteiger partial charge on any atom is -0.399 e. The molecule has 1 heterocycles. The highest BCUT2D eigenvalue weighted by atomic mass is 16.7. The molecule has 1 aliphatic rings. The Kier molecular flexibility index (Phi) is 5.47. The zero-order valence-corrected chi connectivity index (χ0v) is 17.6. The van der Waals surface area contributed by atoms with E-state index < -0.39 is 18.3 Å². The van der Waals surface area contributed by atoms with Crippen molar-refractivity contribution in [1.29, 1.82) is 0 Å². The van der Waals surface area contributed by atoms with Crippen molar-refractivity contribution >= 4 is 41.2 Å². The zero-order chi connectivity index (χ0) is 21.4. The van der Waals surface area contributed by atoms with Gasteiger partial charge in [0.25, 0.3) is 0 Å². The highest BCUT2D eigenvalue weighted by Gasteiger charge is 2.51. The molecule has 1 saturated heterocycles. The first-order valence-electron chi connectivity index (χ1n) is 9.57. The summed E-state index contributed by atoms with van der Waals surface area (Å²) in [5.74, 6) is -0.109. The standard InChI is InChI=1S/C22H28BN3O3/c1-14(16-7-10-18(11-8-16)26-15(2)27)25-20-13-17(9-12-19(20)24)23-28-21(3,4)22(5,6)29-23/h7-13,25H,1,24H2,2-6H3,(H,26,27). The number of amides is 1. The molecule has 3 rings (SSSR count). The quantitative estimate of drug-likeness (QED) is 0.534. The van der Waals surface area contributed by atoms with Crippen LogP contribution in [0.5, 0.6) is 0 Å². The normalized spacial score (nSPS) is 17.1. The van der Waals surface area contributed by atoms with Gasteiger partial charge in [0.05, 0.1) is 22.6 Å². The molecule has 0 spiro atoms. The summed E-state index contributed by atoms with van der Waals surface area (Å²) in [5, 5.41) is 6.02. The van der Waals surface area contributed by atoms with E-state index in [-0.39, 0.29) is 5.91 Å². The minimum atomic E-state index is -0.466. The summed E-state index contributed by atoms with van der Waals surface area (Å²) >= 11 is 0. The summed E-state index contributed by atoms with van der Waals surface area (Å²) in [7, 11) is -0.466. The van der Waals surface area contributed by atoms with Gasteiger partial charge in [0.2, 0.25) is 5.91 Å². The molecule has 0 aromatic heterocycles. The number of hydrogen-bond donors (Lipinski definition) is 3. The Labute approximate surface area is 172 Å². The zero-order valence-electron chi connectivity index (χ0n) is 17.6. The molecule has 0 bridgehead atoms. The van der Waals surface area contributed by atoms with Crippen LogP contribution in [-0.2, 0) is 14.1 Å². The fraction of sp³-hybridized carbons (Fsp3) is 0.318. The number of benzene rings is 2. The number of nitrogens with one attached hydrogen (secondary N) is 2. The molecule has 1 aliphatic heterocycles. The molecule has 1 fully saturated rings. The van der Waals surface area contributed by atoms with Crippen LogP contribution in [0.15, 0.2) is 49.0 Å². The lowest BCUT2D eigenvalue weighted by Crippen LogP contribution is -2.41. The summed E-state index contributed by atoms with van der Waals surface area (Å²) in [6.07, 6.45) is 0. The fourth-order valence-electron chi connectivity index (χ4n) is 3.00. The molecule has 1 amide bonds. The Morgan fingerprint density at radius 3 is 2.14 bits per heavy atom. The molecule has 0 radical (unpaired) electrons. The predicted octanol–water partition coefficient (Wildman–Crippen LogP) is 3.61. The highest BCUT2D eigenvalue weighted by Crippen LogP contribution is 2.37. The number of anilines is 3. The smallest absolute Gasteiger partial charge is 0.399 e. The Bertz CT molecular complexity index is 923. The average molecular weight is 393 g/mol. The van der Waals surface area contributed by atoms with Gasteiger partial charge in [-0.25, -0.2) is 0 Å². The molecule has 0 saturated carbocycles. The molecule has 29 heavy (non-hydrogen) atoms. The SMILES string of the molecule is C=C(Nc1cc(B2OC(C)(C)C(C)(C)O2)ccc1N)c1ccc(NC(C)=O)cc1. The molecular weight excluding hydrogens is 365 g/mol. The van der Waals surface area contributed by atoms with E-state index in [0.717, 1.165) is 22.4 Å². The van der Waals surface area contributed by atoms with Crippen LogP contribution in [0.2, 0.25) is 0 Å². The lowest BCUT2D eigenvalue weighted by Gasteiger charge is -2.32. The van der Waals surface area contributed by atoms with Crippen LogP contribution in [0.4, 0.5) is 17.1 Å². The molecule has 2 aromatic carbocycles. The van der Waals surface area contributed by atoms with Gasteiger partial charge < -0.3 is 25.7 Å². The molecule has 4 N–H and O–H groups in total. The van der Waals surface area contributed by atoms with Gasteiger partial charge in [-0.1, -0.05) is 24.8 Å². The molecule has 0 atom stereocenters. The summed E-state index contributed by atoms with van der Waals surface area (Å²) < 4.78 is 12.3. The van der Waals surface area contributed by atoms with E-state index in [9.17, 15) is 4.79 Å². The van der Waals surface area contributed by atoms with Gasteiger partial charge in [-0.3, -0.25) is 4.79 Å². The molecule has 152 valence electrons. The maximum Gasteiger partial charge on any atom is 0.494 e. The van der Waals surface area contributed by atoms with Crippen molar-refractivity contribution in [2.24, 2.45) is 0 Å². The Morgan fingerprint density at radius 2 is 1.59 bits per heavy atom. The van der Waals surface area contributed by atoms with Crippen LogP contribution >= 0.6 is 0 Å². The average Bonchev–Trinajstić information content (AvgIpc) is 2.84. The lowest BCUT2D eigenvalue weighted by molar-refractivity contribution is -0.114. The second-order valence-corrected chi connectivity index (χ2v) is 8.30. The highest BCUT2D eigenvalue weighted by molar-refractivity contribution is 6.62. The van der Waals surface area contributed by atoms with Crippen molar-refractivity contribution in [2.45, 2.75) is 45.8 Å². The third-order valence-electron chi connectivity index (χ3n) is 5.44. The van der Waals surface area contributed by atoms with Gasteiger partial charge in [-0.05, 0) is 63.0 Å². The molecule has 0 unspecified atom stereocenters. The lowest BCUT2D eigenvalue weighted by atomic mass is 9.78. The minimum absolute atomic E-state index is 0.109. The fourth-order valence-corrected chi connectivity index (χ4v) is 3.00. The van der Waals surface area contributed by atoms with Crippen LogP contribution in [0.3, 0.4) is 0 Å². The van der Waals surface area contributed by atoms with Crippen LogP contribution in [0, 0.1) is 0 Å². The molecule has 2 aromatic rings. The van der Waals surface area contributed by atoms with Gasteiger partial charge in [0.1, 0.15) is 0 Å². The van der Waals surface area contributed by atoms with Crippen molar-refractivity contribution in [3.8, 4) is 0 Å². The second kappa shape index (κ2) is 7.57.